The van der Waals surface area contributed by atoms with E-state index in [1.807, 2.05) is 37.3 Å². The van der Waals surface area contributed by atoms with Gasteiger partial charge >= 0.3 is 11.8 Å². The molecule has 0 aliphatic heterocycles. The lowest BCUT2D eigenvalue weighted by molar-refractivity contribution is -0.136. The van der Waals surface area contributed by atoms with Gasteiger partial charge in [0.15, 0.2) is 0 Å². The molecule has 5 heteroatoms. The number of carbonyl (C=O) groups is 2. The third kappa shape index (κ3) is 4.64. The van der Waals surface area contributed by atoms with Crippen molar-refractivity contribution >= 4 is 28.3 Å². The van der Waals surface area contributed by atoms with Crippen LogP contribution in [0, 0.1) is 0 Å². The molecule has 138 valence electrons. The number of carbonyl (C=O) groups excluding carboxylic acids is 2. The average Bonchev–Trinajstić information content (AvgIpc) is 2.68. The quantitative estimate of drug-likeness (QED) is 0.607. The van der Waals surface area contributed by atoms with Crippen LogP contribution in [-0.2, 0) is 16.0 Å². The molecule has 3 rings (SSSR count). The molecule has 2 amide bonds. The first kappa shape index (κ1) is 18.5. The molecule has 0 aliphatic carbocycles. The topological polar surface area (TPSA) is 78.4 Å². The number of rotatable bonds is 5. The number of amides is 2. The summed E-state index contributed by atoms with van der Waals surface area (Å²) < 4.78 is 0. The van der Waals surface area contributed by atoms with E-state index >= 15 is 0 Å². The predicted octanol–water partition coefficient (Wildman–Crippen LogP) is 3.62. The Kier molecular flexibility index (Phi) is 5.71. The third-order valence-corrected chi connectivity index (χ3v) is 4.44. The van der Waals surface area contributed by atoms with Crippen molar-refractivity contribution in [1.82, 2.24) is 5.32 Å². The molecule has 0 unspecified atom stereocenters. The minimum Gasteiger partial charge on any atom is -0.507 e. The van der Waals surface area contributed by atoms with Crippen molar-refractivity contribution < 1.29 is 14.7 Å². The van der Waals surface area contributed by atoms with Crippen LogP contribution in [0.4, 0.5) is 5.69 Å². The van der Waals surface area contributed by atoms with Gasteiger partial charge in [0, 0.05) is 22.5 Å². The molecular formula is C22H22N2O3. The van der Waals surface area contributed by atoms with Gasteiger partial charge in [-0.05, 0) is 37.5 Å². The highest BCUT2D eigenvalue weighted by atomic mass is 16.3. The molecule has 0 fully saturated rings. The Morgan fingerprint density at radius 1 is 0.889 bits per heavy atom. The van der Waals surface area contributed by atoms with E-state index in [2.05, 4.69) is 10.6 Å². The molecule has 5 nitrogen and oxygen atoms in total. The Hall–Kier alpha value is -3.34. The summed E-state index contributed by atoms with van der Waals surface area (Å²) in [4.78, 5) is 24.5. The summed E-state index contributed by atoms with van der Waals surface area (Å²) in [6, 6.07) is 20.1. The van der Waals surface area contributed by atoms with Crippen molar-refractivity contribution in [3.05, 3.63) is 72.3 Å². The molecule has 27 heavy (non-hydrogen) atoms. The lowest BCUT2D eigenvalue weighted by atomic mass is 10.1. The standard InChI is InChI=1S/C22H22N2O3/c1-15(13-14-16-7-3-2-4-8-16)23-21(26)22(27)24-19-11-5-10-18-17(19)9-6-12-20(18)25/h2-12,15,25H,13-14H2,1H3,(H,23,26)(H,24,27)/t15-/m1/s1. The van der Waals surface area contributed by atoms with Crippen molar-refractivity contribution in [1.29, 1.82) is 0 Å². The molecule has 3 aromatic rings. The SMILES string of the molecule is C[C@H](CCc1ccccc1)NC(=O)C(=O)Nc1cccc2c(O)cccc12. The molecule has 0 saturated carbocycles. The van der Waals surface area contributed by atoms with Gasteiger partial charge < -0.3 is 15.7 Å². The number of phenolic OH excluding ortho intramolecular Hbond substituents is 1. The fourth-order valence-electron chi connectivity index (χ4n) is 2.97. The Balaban J connectivity index is 1.59. The van der Waals surface area contributed by atoms with E-state index in [9.17, 15) is 14.7 Å². The summed E-state index contributed by atoms with van der Waals surface area (Å²) in [6.45, 7) is 1.88. The number of benzene rings is 3. The number of nitrogens with one attached hydrogen (secondary N) is 2. The van der Waals surface area contributed by atoms with Gasteiger partial charge in [0.05, 0.1) is 0 Å². The second-order valence-electron chi connectivity index (χ2n) is 6.53. The van der Waals surface area contributed by atoms with Gasteiger partial charge in [-0.25, -0.2) is 0 Å². The van der Waals surface area contributed by atoms with E-state index in [0.717, 1.165) is 12.8 Å². The normalized spacial score (nSPS) is 11.7. The zero-order chi connectivity index (χ0) is 19.2. The van der Waals surface area contributed by atoms with Crippen LogP contribution in [0.25, 0.3) is 10.8 Å². The Bertz CT molecular complexity index is 954. The molecule has 1 atom stereocenters. The molecule has 0 heterocycles. The second-order valence-corrected chi connectivity index (χ2v) is 6.53. The maximum Gasteiger partial charge on any atom is 0.313 e. The first-order valence-corrected chi connectivity index (χ1v) is 8.91. The highest BCUT2D eigenvalue weighted by Crippen LogP contribution is 2.29. The largest absolute Gasteiger partial charge is 0.507 e. The predicted molar refractivity (Wildman–Crippen MR) is 107 cm³/mol. The van der Waals surface area contributed by atoms with Crippen molar-refractivity contribution in [3.8, 4) is 5.75 Å². The smallest absolute Gasteiger partial charge is 0.313 e. The van der Waals surface area contributed by atoms with Crippen molar-refractivity contribution in [3.63, 3.8) is 0 Å². The van der Waals surface area contributed by atoms with Crippen molar-refractivity contribution in [2.24, 2.45) is 0 Å². The number of hydrogen-bond acceptors (Lipinski definition) is 3. The molecular weight excluding hydrogens is 340 g/mol. The van der Waals surface area contributed by atoms with Crippen LogP contribution in [0.15, 0.2) is 66.7 Å². The van der Waals surface area contributed by atoms with Crippen LogP contribution in [0.2, 0.25) is 0 Å². The van der Waals surface area contributed by atoms with Gasteiger partial charge in [-0.3, -0.25) is 9.59 Å². The lowest BCUT2D eigenvalue weighted by Crippen LogP contribution is -2.40. The number of anilines is 1. The van der Waals surface area contributed by atoms with Gasteiger partial charge in [-0.1, -0.05) is 54.6 Å². The maximum absolute atomic E-state index is 12.3. The Labute approximate surface area is 158 Å². The molecule has 0 bridgehead atoms. The molecule has 0 spiro atoms. The van der Waals surface area contributed by atoms with Gasteiger partial charge in [-0.2, -0.15) is 0 Å². The van der Waals surface area contributed by atoms with Crippen LogP contribution >= 0.6 is 0 Å². The summed E-state index contributed by atoms with van der Waals surface area (Å²) in [7, 11) is 0. The fraction of sp³-hybridized carbons (Fsp3) is 0.182. The van der Waals surface area contributed by atoms with Crippen molar-refractivity contribution in [2.45, 2.75) is 25.8 Å². The van der Waals surface area contributed by atoms with E-state index in [1.165, 1.54) is 5.56 Å². The Morgan fingerprint density at radius 3 is 2.37 bits per heavy atom. The minimum absolute atomic E-state index is 0.125. The zero-order valence-corrected chi connectivity index (χ0v) is 15.1. The number of phenols is 1. The third-order valence-electron chi connectivity index (χ3n) is 4.44. The van der Waals surface area contributed by atoms with Crippen LogP contribution in [0.5, 0.6) is 5.75 Å². The van der Waals surface area contributed by atoms with Gasteiger partial charge in [-0.15, -0.1) is 0 Å². The Morgan fingerprint density at radius 2 is 1.59 bits per heavy atom. The first-order valence-electron chi connectivity index (χ1n) is 8.91. The number of aromatic hydroxyl groups is 1. The summed E-state index contributed by atoms with van der Waals surface area (Å²) in [6.07, 6.45) is 1.57. The minimum atomic E-state index is -0.725. The maximum atomic E-state index is 12.3. The van der Waals surface area contributed by atoms with Crippen LogP contribution in [0.3, 0.4) is 0 Å². The van der Waals surface area contributed by atoms with Crippen molar-refractivity contribution in [2.75, 3.05) is 5.32 Å². The molecule has 0 saturated heterocycles. The van der Waals surface area contributed by atoms with Gasteiger partial charge in [0.1, 0.15) is 5.75 Å². The molecule has 0 aliphatic rings. The zero-order valence-electron chi connectivity index (χ0n) is 15.1. The lowest BCUT2D eigenvalue weighted by Gasteiger charge is -2.14. The van der Waals surface area contributed by atoms with Gasteiger partial charge in [0.2, 0.25) is 0 Å². The molecule has 3 aromatic carbocycles. The van der Waals surface area contributed by atoms with E-state index in [1.54, 1.807) is 36.4 Å². The van der Waals surface area contributed by atoms with E-state index in [-0.39, 0.29) is 11.8 Å². The molecule has 3 N–H and O–H groups in total. The van der Waals surface area contributed by atoms with E-state index in [4.69, 9.17) is 0 Å². The number of fused-ring (bicyclic) bond motifs is 1. The van der Waals surface area contributed by atoms with E-state index < -0.39 is 11.8 Å². The van der Waals surface area contributed by atoms with E-state index in [0.29, 0.717) is 16.5 Å². The highest BCUT2D eigenvalue weighted by Gasteiger charge is 2.17. The summed E-state index contributed by atoms with van der Waals surface area (Å²) in [5.41, 5.74) is 1.68. The number of aryl methyl sites for hydroxylation is 1. The molecule has 0 radical (unpaired) electrons. The van der Waals surface area contributed by atoms with Gasteiger partial charge in [0.25, 0.3) is 0 Å². The highest BCUT2D eigenvalue weighted by molar-refractivity contribution is 6.40. The van der Waals surface area contributed by atoms with Crippen LogP contribution in [0.1, 0.15) is 18.9 Å². The van der Waals surface area contributed by atoms with Crippen LogP contribution < -0.4 is 10.6 Å². The summed E-state index contributed by atoms with van der Waals surface area (Å²) >= 11 is 0. The summed E-state index contributed by atoms with van der Waals surface area (Å²) in [5.74, 6) is -1.27. The molecule has 0 aromatic heterocycles. The number of hydrogen-bond donors (Lipinski definition) is 3. The van der Waals surface area contributed by atoms with Crippen LogP contribution in [-0.4, -0.2) is 23.0 Å². The summed E-state index contributed by atoms with van der Waals surface area (Å²) in [5, 5.41) is 16.6. The second kappa shape index (κ2) is 8.36. The average molecular weight is 362 g/mol. The monoisotopic (exact) mass is 362 g/mol. The first-order chi connectivity index (χ1) is 13.0. The fourth-order valence-corrected chi connectivity index (χ4v) is 2.97.